The third kappa shape index (κ3) is 4.39. The van der Waals surface area contributed by atoms with Gasteiger partial charge in [0.05, 0.1) is 16.4 Å². The van der Waals surface area contributed by atoms with Gasteiger partial charge in [0.2, 0.25) is 0 Å². The summed E-state index contributed by atoms with van der Waals surface area (Å²) >= 11 is 6.36. The first-order valence-corrected chi connectivity index (χ1v) is 9.00. The molecule has 0 radical (unpaired) electrons. The van der Waals surface area contributed by atoms with Gasteiger partial charge in [-0.15, -0.1) is 0 Å². The summed E-state index contributed by atoms with van der Waals surface area (Å²) in [5.74, 6) is 1.61. The zero-order valence-corrected chi connectivity index (χ0v) is 15.6. The molecule has 0 atom stereocenters. The van der Waals surface area contributed by atoms with E-state index in [2.05, 4.69) is 23.5 Å². The number of allylic oxidation sites excluding steroid dienone is 1. The summed E-state index contributed by atoms with van der Waals surface area (Å²) in [6.45, 7) is 8.61. The van der Waals surface area contributed by atoms with Crippen LogP contribution in [0.4, 0.5) is 5.82 Å². The van der Waals surface area contributed by atoms with E-state index in [0.717, 1.165) is 60.9 Å². The Balaban J connectivity index is 1.83. The molecular formula is C20H24ClN3O. The van der Waals surface area contributed by atoms with Crippen LogP contribution in [-0.4, -0.2) is 36.8 Å². The molecule has 0 spiro atoms. The monoisotopic (exact) mass is 357 g/mol. The number of pyridine rings is 2. The Kier molecular flexibility index (Phi) is 5.71. The summed E-state index contributed by atoms with van der Waals surface area (Å²) < 4.78 is 5.45. The van der Waals surface area contributed by atoms with E-state index in [0.29, 0.717) is 10.9 Å². The largest absolute Gasteiger partial charge is 0.381 e. The third-order valence-corrected chi connectivity index (χ3v) is 4.87. The highest BCUT2D eigenvalue weighted by Crippen LogP contribution is 2.29. The number of rotatable bonds is 5. The van der Waals surface area contributed by atoms with Gasteiger partial charge in [0.15, 0.2) is 0 Å². The average Bonchev–Trinajstić information content (AvgIpc) is 2.63. The number of anilines is 1. The lowest BCUT2D eigenvalue weighted by atomic mass is 10.00. The second kappa shape index (κ2) is 7.98. The molecule has 1 aliphatic heterocycles. The van der Waals surface area contributed by atoms with Crippen LogP contribution in [0.15, 0.2) is 37.0 Å². The Labute approximate surface area is 154 Å². The SMILES string of the molecule is C=C(C)c1cc(-c2cccc(N(C)CC3CCOCC3)n2)c(Cl)cn1. The lowest BCUT2D eigenvalue weighted by Crippen LogP contribution is -2.30. The minimum Gasteiger partial charge on any atom is -0.381 e. The fraction of sp³-hybridized carbons (Fsp3) is 0.400. The maximum absolute atomic E-state index is 6.36. The molecule has 1 fully saturated rings. The normalized spacial score (nSPS) is 15.2. The Bertz CT molecular complexity index is 756. The molecule has 0 unspecified atom stereocenters. The maximum atomic E-state index is 6.36. The van der Waals surface area contributed by atoms with E-state index in [-0.39, 0.29) is 0 Å². The van der Waals surface area contributed by atoms with E-state index in [1.807, 2.05) is 31.2 Å². The first-order chi connectivity index (χ1) is 12.0. The summed E-state index contributed by atoms with van der Waals surface area (Å²) in [6.07, 6.45) is 3.89. The zero-order chi connectivity index (χ0) is 17.8. The Morgan fingerprint density at radius 1 is 1.36 bits per heavy atom. The number of hydrogen-bond donors (Lipinski definition) is 0. The highest BCUT2D eigenvalue weighted by Gasteiger charge is 2.17. The molecule has 0 aromatic carbocycles. The molecule has 0 amide bonds. The molecule has 1 aliphatic rings. The van der Waals surface area contributed by atoms with Crippen molar-refractivity contribution in [3.63, 3.8) is 0 Å². The second-order valence-corrected chi connectivity index (χ2v) is 7.05. The first kappa shape index (κ1) is 17.9. The summed E-state index contributed by atoms with van der Waals surface area (Å²) in [7, 11) is 2.09. The highest BCUT2D eigenvalue weighted by atomic mass is 35.5. The van der Waals surface area contributed by atoms with Crippen LogP contribution >= 0.6 is 11.6 Å². The predicted molar refractivity (Wildman–Crippen MR) is 104 cm³/mol. The van der Waals surface area contributed by atoms with Crippen molar-refractivity contribution < 1.29 is 4.74 Å². The van der Waals surface area contributed by atoms with Crippen molar-refractivity contribution in [3.8, 4) is 11.3 Å². The molecule has 5 heteroatoms. The lowest BCUT2D eigenvalue weighted by molar-refractivity contribution is 0.0685. The molecule has 3 heterocycles. The molecule has 0 bridgehead atoms. The number of nitrogens with zero attached hydrogens (tertiary/aromatic N) is 3. The van der Waals surface area contributed by atoms with Gasteiger partial charge >= 0.3 is 0 Å². The van der Waals surface area contributed by atoms with E-state index in [4.69, 9.17) is 21.3 Å². The number of aromatic nitrogens is 2. The number of hydrogen-bond acceptors (Lipinski definition) is 4. The first-order valence-electron chi connectivity index (χ1n) is 8.62. The van der Waals surface area contributed by atoms with Gasteiger partial charge in [-0.2, -0.15) is 0 Å². The van der Waals surface area contributed by atoms with Gasteiger partial charge in [0.25, 0.3) is 0 Å². The number of halogens is 1. The van der Waals surface area contributed by atoms with Crippen LogP contribution in [0, 0.1) is 5.92 Å². The predicted octanol–water partition coefficient (Wildman–Crippen LogP) is 4.69. The minimum atomic E-state index is 0.599. The Morgan fingerprint density at radius 3 is 2.84 bits per heavy atom. The van der Waals surface area contributed by atoms with E-state index in [9.17, 15) is 0 Å². The highest BCUT2D eigenvalue weighted by molar-refractivity contribution is 6.33. The fourth-order valence-corrected chi connectivity index (χ4v) is 3.26. The lowest BCUT2D eigenvalue weighted by Gasteiger charge is -2.28. The van der Waals surface area contributed by atoms with Gasteiger partial charge in [-0.25, -0.2) is 4.98 Å². The third-order valence-electron chi connectivity index (χ3n) is 4.57. The molecule has 0 N–H and O–H groups in total. The molecule has 0 aliphatic carbocycles. The van der Waals surface area contributed by atoms with Crippen molar-refractivity contribution in [2.24, 2.45) is 5.92 Å². The van der Waals surface area contributed by atoms with Crippen LogP contribution in [-0.2, 0) is 4.74 Å². The molecule has 2 aromatic heterocycles. The summed E-state index contributed by atoms with van der Waals surface area (Å²) in [4.78, 5) is 11.4. The Hall–Kier alpha value is -1.91. The van der Waals surface area contributed by atoms with Gasteiger partial charge < -0.3 is 9.64 Å². The van der Waals surface area contributed by atoms with Gasteiger partial charge in [-0.05, 0) is 49.5 Å². The molecular weight excluding hydrogens is 334 g/mol. The Morgan fingerprint density at radius 2 is 2.12 bits per heavy atom. The molecule has 4 nitrogen and oxygen atoms in total. The quantitative estimate of drug-likeness (QED) is 0.777. The van der Waals surface area contributed by atoms with Gasteiger partial charge in [0, 0.05) is 38.6 Å². The topological polar surface area (TPSA) is 38.2 Å². The van der Waals surface area contributed by atoms with Crippen molar-refractivity contribution >= 4 is 23.0 Å². The molecule has 25 heavy (non-hydrogen) atoms. The van der Waals surface area contributed by atoms with Crippen LogP contribution in [0.25, 0.3) is 16.8 Å². The van der Waals surface area contributed by atoms with Gasteiger partial charge in [0.1, 0.15) is 5.82 Å². The van der Waals surface area contributed by atoms with Crippen LogP contribution in [0.1, 0.15) is 25.5 Å². The fourth-order valence-electron chi connectivity index (χ4n) is 3.06. The van der Waals surface area contributed by atoms with Crippen molar-refractivity contribution in [1.29, 1.82) is 0 Å². The molecule has 3 rings (SSSR count). The molecule has 132 valence electrons. The maximum Gasteiger partial charge on any atom is 0.128 e. The smallest absolute Gasteiger partial charge is 0.128 e. The molecule has 1 saturated heterocycles. The van der Waals surface area contributed by atoms with Crippen LogP contribution < -0.4 is 4.90 Å². The van der Waals surface area contributed by atoms with E-state index in [1.54, 1.807) is 6.20 Å². The summed E-state index contributed by atoms with van der Waals surface area (Å²) in [5, 5.41) is 0.599. The van der Waals surface area contributed by atoms with Crippen molar-refractivity contribution in [1.82, 2.24) is 9.97 Å². The van der Waals surface area contributed by atoms with Crippen molar-refractivity contribution in [2.75, 3.05) is 31.7 Å². The molecule has 0 saturated carbocycles. The van der Waals surface area contributed by atoms with Crippen LogP contribution in [0.2, 0.25) is 5.02 Å². The molecule has 2 aromatic rings. The standard InChI is InChI=1S/C20H24ClN3O/c1-14(2)19-11-16(17(21)12-22-19)18-5-4-6-20(23-18)24(3)13-15-7-9-25-10-8-15/h4-6,11-12,15H,1,7-10,13H2,2-3H3. The average molecular weight is 358 g/mol. The minimum absolute atomic E-state index is 0.599. The summed E-state index contributed by atoms with van der Waals surface area (Å²) in [6, 6.07) is 8.00. The van der Waals surface area contributed by atoms with Gasteiger partial charge in [-0.3, -0.25) is 4.98 Å². The van der Waals surface area contributed by atoms with Crippen molar-refractivity contribution in [3.05, 3.63) is 47.8 Å². The van der Waals surface area contributed by atoms with Crippen LogP contribution in [0.3, 0.4) is 0 Å². The van der Waals surface area contributed by atoms with Gasteiger partial charge in [-0.1, -0.05) is 24.2 Å². The zero-order valence-electron chi connectivity index (χ0n) is 14.8. The second-order valence-electron chi connectivity index (χ2n) is 6.65. The van der Waals surface area contributed by atoms with E-state index >= 15 is 0 Å². The van der Waals surface area contributed by atoms with E-state index in [1.165, 1.54) is 0 Å². The van der Waals surface area contributed by atoms with Crippen LogP contribution in [0.5, 0.6) is 0 Å². The van der Waals surface area contributed by atoms with Crippen molar-refractivity contribution in [2.45, 2.75) is 19.8 Å². The summed E-state index contributed by atoms with van der Waals surface area (Å²) in [5.41, 5.74) is 3.48. The number of ether oxygens (including phenoxy) is 1. The van der Waals surface area contributed by atoms with E-state index < -0.39 is 0 Å².